The minimum absolute atomic E-state index is 0. The minimum atomic E-state index is -0.145. The summed E-state index contributed by atoms with van der Waals surface area (Å²) in [7, 11) is 0. The second kappa shape index (κ2) is 9.25. The molecule has 23 heavy (non-hydrogen) atoms. The van der Waals surface area contributed by atoms with Gasteiger partial charge in [0, 0.05) is 41.6 Å². The molecule has 0 aromatic heterocycles. The number of hydrogen-bond acceptors (Lipinski definition) is 3. The molecule has 1 fully saturated rings. The van der Waals surface area contributed by atoms with Gasteiger partial charge in [0.2, 0.25) is 11.8 Å². The average molecular weight is 405 g/mol. The summed E-state index contributed by atoms with van der Waals surface area (Å²) in [6.07, 6.45) is 1.40. The number of rotatable bonds is 4. The van der Waals surface area contributed by atoms with Crippen LogP contribution in [0.25, 0.3) is 0 Å². The fourth-order valence-electron chi connectivity index (χ4n) is 2.55. The van der Waals surface area contributed by atoms with Crippen LogP contribution >= 0.6 is 28.3 Å². The molecule has 3 N–H and O–H groups in total. The first kappa shape index (κ1) is 19.9. The third-order valence-corrected chi connectivity index (χ3v) is 4.59. The fourth-order valence-corrected chi connectivity index (χ4v) is 2.82. The van der Waals surface area contributed by atoms with Crippen molar-refractivity contribution < 1.29 is 9.59 Å². The van der Waals surface area contributed by atoms with E-state index >= 15 is 0 Å². The lowest BCUT2D eigenvalue weighted by molar-refractivity contribution is -0.137. The lowest BCUT2D eigenvalue weighted by Gasteiger charge is -2.32. The molecule has 1 saturated heterocycles. The Hall–Kier alpha value is -1.11. The van der Waals surface area contributed by atoms with Crippen LogP contribution in [-0.4, -0.2) is 36.3 Å². The quantitative estimate of drug-likeness (QED) is 0.810. The monoisotopic (exact) mass is 403 g/mol. The maximum atomic E-state index is 12.3. The van der Waals surface area contributed by atoms with Crippen LogP contribution in [0.15, 0.2) is 28.7 Å². The number of hydrogen-bond donors (Lipinski definition) is 2. The van der Waals surface area contributed by atoms with Crippen LogP contribution in [0, 0.1) is 11.8 Å². The van der Waals surface area contributed by atoms with Gasteiger partial charge in [0.15, 0.2) is 0 Å². The summed E-state index contributed by atoms with van der Waals surface area (Å²) in [5.74, 6) is -0.0652. The molecular weight excluding hydrogens is 382 g/mol. The maximum absolute atomic E-state index is 12.3. The number of nitrogens with two attached hydrogens (primary N) is 1. The number of carbonyl (C=O) groups excluding carboxylic acids is 2. The molecule has 1 aromatic carbocycles. The van der Waals surface area contributed by atoms with Crippen LogP contribution in [0.4, 0.5) is 5.69 Å². The second-order valence-electron chi connectivity index (χ2n) is 5.73. The number of halogens is 2. The molecule has 1 unspecified atom stereocenters. The van der Waals surface area contributed by atoms with Gasteiger partial charge in [-0.15, -0.1) is 12.4 Å². The Kier molecular flexibility index (Phi) is 8.02. The number of nitrogens with zero attached hydrogens (tertiary/aromatic N) is 1. The number of likely N-dealkylation sites (tertiary alicyclic amines) is 1. The first-order chi connectivity index (χ1) is 10.5. The van der Waals surface area contributed by atoms with E-state index in [2.05, 4.69) is 21.2 Å². The Morgan fingerprint density at radius 2 is 1.87 bits per heavy atom. The van der Waals surface area contributed by atoms with Crippen molar-refractivity contribution in [1.82, 2.24) is 4.90 Å². The Labute approximate surface area is 151 Å². The molecule has 5 nitrogen and oxygen atoms in total. The first-order valence-corrected chi connectivity index (χ1v) is 8.36. The van der Waals surface area contributed by atoms with Crippen LogP contribution in [0.5, 0.6) is 0 Å². The van der Waals surface area contributed by atoms with Gasteiger partial charge in [-0.2, -0.15) is 0 Å². The summed E-state index contributed by atoms with van der Waals surface area (Å²) >= 11 is 3.37. The number of carbonyl (C=O) groups is 2. The van der Waals surface area contributed by atoms with Crippen LogP contribution in [0.1, 0.15) is 19.8 Å². The van der Waals surface area contributed by atoms with E-state index in [4.69, 9.17) is 5.73 Å². The van der Waals surface area contributed by atoms with Gasteiger partial charge < -0.3 is 16.0 Å². The summed E-state index contributed by atoms with van der Waals surface area (Å²) in [5, 5.41) is 2.93. The van der Waals surface area contributed by atoms with E-state index in [-0.39, 0.29) is 36.1 Å². The summed E-state index contributed by atoms with van der Waals surface area (Å²) < 4.78 is 0.978. The minimum Gasteiger partial charge on any atom is -0.342 e. The van der Waals surface area contributed by atoms with E-state index in [0.29, 0.717) is 32.5 Å². The van der Waals surface area contributed by atoms with Crippen molar-refractivity contribution in [2.75, 3.05) is 25.0 Å². The van der Waals surface area contributed by atoms with Gasteiger partial charge in [-0.1, -0.05) is 22.9 Å². The highest BCUT2D eigenvalue weighted by molar-refractivity contribution is 9.10. The van der Waals surface area contributed by atoms with Crippen molar-refractivity contribution in [2.45, 2.75) is 19.8 Å². The number of benzene rings is 1. The predicted molar refractivity (Wildman–Crippen MR) is 97.5 cm³/mol. The van der Waals surface area contributed by atoms with Crippen molar-refractivity contribution in [3.05, 3.63) is 28.7 Å². The SMILES string of the molecule is CC(CN)C(=O)N1CCC(C(=O)Nc2ccc(Br)cc2)CC1.Cl. The van der Waals surface area contributed by atoms with Crippen molar-refractivity contribution in [3.8, 4) is 0 Å². The van der Waals surface area contributed by atoms with E-state index < -0.39 is 0 Å². The Morgan fingerprint density at radius 1 is 1.30 bits per heavy atom. The molecule has 0 radical (unpaired) electrons. The molecule has 1 aliphatic heterocycles. The summed E-state index contributed by atoms with van der Waals surface area (Å²) in [5.41, 5.74) is 6.33. The summed E-state index contributed by atoms with van der Waals surface area (Å²) in [6.45, 7) is 3.46. The van der Waals surface area contributed by atoms with Crippen molar-refractivity contribution in [1.29, 1.82) is 0 Å². The molecule has 0 aliphatic carbocycles. The average Bonchev–Trinajstić information content (AvgIpc) is 2.55. The van der Waals surface area contributed by atoms with E-state index in [1.165, 1.54) is 0 Å². The van der Waals surface area contributed by atoms with Crippen molar-refractivity contribution >= 4 is 45.8 Å². The number of nitrogens with one attached hydrogen (secondary N) is 1. The Balaban J connectivity index is 0.00000264. The van der Waals surface area contributed by atoms with E-state index in [1.807, 2.05) is 36.1 Å². The van der Waals surface area contributed by atoms with Crippen LogP contribution in [0.3, 0.4) is 0 Å². The zero-order valence-corrected chi connectivity index (χ0v) is 15.5. The number of anilines is 1. The molecule has 0 bridgehead atoms. The molecule has 1 heterocycles. The van der Waals surface area contributed by atoms with Gasteiger partial charge >= 0.3 is 0 Å². The molecule has 1 aliphatic rings. The largest absolute Gasteiger partial charge is 0.342 e. The van der Waals surface area contributed by atoms with Crippen LogP contribution in [0.2, 0.25) is 0 Å². The van der Waals surface area contributed by atoms with E-state index in [0.717, 1.165) is 10.2 Å². The smallest absolute Gasteiger partial charge is 0.227 e. The van der Waals surface area contributed by atoms with Gasteiger partial charge in [-0.25, -0.2) is 0 Å². The number of amides is 2. The van der Waals surface area contributed by atoms with Gasteiger partial charge in [0.1, 0.15) is 0 Å². The molecular formula is C16H23BrClN3O2. The van der Waals surface area contributed by atoms with Gasteiger partial charge in [0.05, 0.1) is 0 Å². The molecule has 2 rings (SSSR count). The summed E-state index contributed by atoms with van der Waals surface area (Å²) in [4.78, 5) is 26.2. The van der Waals surface area contributed by atoms with E-state index in [9.17, 15) is 9.59 Å². The molecule has 2 amide bonds. The maximum Gasteiger partial charge on any atom is 0.227 e. The predicted octanol–water partition coefficient (Wildman–Crippen LogP) is 2.64. The highest BCUT2D eigenvalue weighted by Gasteiger charge is 2.28. The fraction of sp³-hybridized carbons (Fsp3) is 0.500. The standard InChI is InChI=1S/C16H22BrN3O2.ClH/c1-11(10-18)16(22)20-8-6-12(7-9-20)15(21)19-14-4-2-13(17)3-5-14;/h2-5,11-12H,6-10,18H2,1H3,(H,19,21);1H. The van der Waals surface area contributed by atoms with E-state index in [1.54, 1.807) is 0 Å². The molecule has 0 saturated carbocycles. The van der Waals surface area contributed by atoms with Crippen LogP contribution in [-0.2, 0) is 9.59 Å². The lowest BCUT2D eigenvalue weighted by Crippen LogP contribution is -2.44. The Bertz CT molecular complexity index is 531. The third-order valence-electron chi connectivity index (χ3n) is 4.06. The highest BCUT2D eigenvalue weighted by atomic mass is 79.9. The molecule has 1 atom stereocenters. The zero-order valence-electron chi connectivity index (χ0n) is 13.1. The molecule has 1 aromatic rings. The van der Waals surface area contributed by atoms with Crippen LogP contribution < -0.4 is 11.1 Å². The van der Waals surface area contributed by atoms with Crippen molar-refractivity contribution in [2.24, 2.45) is 17.6 Å². The third kappa shape index (κ3) is 5.48. The zero-order chi connectivity index (χ0) is 16.1. The Morgan fingerprint density at radius 3 is 2.39 bits per heavy atom. The van der Waals surface area contributed by atoms with Gasteiger partial charge in [0.25, 0.3) is 0 Å². The topological polar surface area (TPSA) is 75.4 Å². The second-order valence-corrected chi connectivity index (χ2v) is 6.65. The number of piperidine rings is 1. The van der Waals surface area contributed by atoms with Crippen molar-refractivity contribution in [3.63, 3.8) is 0 Å². The molecule has 7 heteroatoms. The first-order valence-electron chi connectivity index (χ1n) is 7.56. The molecule has 128 valence electrons. The molecule has 0 spiro atoms. The highest BCUT2D eigenvalue weighted by Crippen LogP contribution is 2.21. The lowest BCUT2D eigenvalue weighted by atomic mass is 9.95. The van der Waals surface area contributed by atoms with Gasteiger partial charge in [-0.05, 0) is 37.1 Å². The normalized spacial score (nSPS) is 16.4. The summed E-state index contributed by atoms with van der Waals surface area (Å²) in [6, 6.07) is 7.52. The van der Waals surface area contributed by atoms with Gasteiger partial charge in [-0.3, -0.25) is 9.59 Å².